The van der Waals surface area contributed by atoms with E-state index in [2.05, 4.69) is 20.4 Å². The van der Waals surface area contributed by atoms with E-state index in [0.717, 1.165) is 47.9 Å². The van der Waals surface area contributed by atoms with Gasteiger partial charge in [0.05, 0.1) is 24.0 Å². The number of nitrogens with one attached hydrogen (secondary N) is 1. The van der Waals surface area contributed by atoms with Crippen molar-refractivity contribution in [2.75, 3.05) is 19.6 Å². The topological polar surface area (TPSA) is 77.8 Å². The summed E-state index contributed by atoms with van der Waals surface area (Å²) >= 11 is 7.80. The molecule has 0 spiro atoms. The van der Waals surface area contributed by atoms with Crippen LogP contribution in [0.1, 0.15) is 45.8 Å². The van der Waals surface area contributed by atoms with Crippen molar-refractivity contribution >= 4 is 35.1 Å². The summed E-state index contributed by atoms with van der Waals surface area (Å²) in [6.45, 7) is 3.62. The normalized spacial score (nSPS) is 14.6. The fourth-order valence-electron chi connectivity index (χ4n) is 4.04. The van der Waals surface area contributed by atoms with Crippen LogP contribution in [-0.4, -0.2) is 46.8 Å². The number of hydrogen-bond donors (Lipinski definition) is 2. The summed E-state index contributed by atoms with van der Waals surface area (Å²) in [7, 11) is 0. The van der Waals surface area contributed by atoms with Gasteiger partial charge in [-0.2, -0.15) is 5.10 Å². The Kier molecular flexibility index (Phi) is 8.10. The number of hydrogen-bond acceptors (Lipinski definition) is 6. The number of aromatic nitrogens is 1. The van der Waals surface area contributed by atoms with E-state index in [1.807, 2.05) is 41.8 Å². The predicted octanol–water partition coefficient (Wildman–Crippen LogP) is 5.31. The maximum absolute atomic E-state index is 11.8. The highest BCUT2D eigenvalue weighted by atomic mass is 35.5. The van der Waals surface area contributed by atoms with Gasteiger partial charge in [0.2, 0.25) is 0 Å². The van der Waals surface area contributed by atoms with E-state index in [4.69, 9.17) is 11.6 Å². The Morgan fingerprint density at radius 3 is 2.79 bits per heavy atom. The van der Waals surface area contributed by atoms with Crippen LogP contribution in [0.2, 0.25) is 5.02 Å². The molecule has 6 nitrogen and oxygen atoms in total. The van der Waals surface area contributed by atoms with Crippen LogP contribution < -0.4 is 5.43 Å². The number of rotatable bonds is 9. The van der Waals surface area contributed by atoms with Gasteiger partial charge in [-0.05, 0) is 50.0 Å². The summed E-state index contributed by atoms with van der Waals surface area (Å²) in [5.74, 6) is -0.944. The zero-order valence-electron chi connectivity index (χ0n) is 18.3. The molecule has 2 N–H and O–H groups in total. The smallest absolute Gasteiger partial charge is 0.336 e. The van der Waals surface area contributed by atoms with Crippen molar-refractivity contribution in [3.05, 3.63) is 74.6 Å². The molecule has 8 heteroatoms. The summed E-state index contributed by atoms with van der Waals surface area (Å²) in [5.41, 5.74) is 6.68. The minimum Gasteiger partial charge on any atom is -0.478 e. The summed E-state index contributed by atoms with van der Waals surface area (Å²) in [6, 6.07) is 13.1. The largest absolute Gasteiger partial charge is 0.478 e. The van der Waals surface area contributed by atoms with Gasteiger partial charge < -0.3 is 15.4 Å². The van der Waals surface area contributed by atoms with E-state index in [1.54, 1.807) is 12.3 Å². The van der Waals surface area contributed by atoms with Gasteiger partial charge in [-0.1, -0.05) is 48.4 Å². The maximum atomic E-state index is 11.8. The molecule has 1 saturated heterocycles. The third kappa shape index (κ3) is 6.19. The van der Waals surface area contributed by atoms with Gasteiger partial charge in [0.1, 0.15) is 5.01 Å². The lowest BCUT2D eigenvalue weighted by Gasteiger charge is -2.26. The van der Waals surface area contributed by atoms with Crippen molar-refractivity contribution in [3.63, 3.8) is 0 Å². The average molecular weight is 483 g/mol. The molecule has 0 radical (unpaired) electrons. The molecule has 1 aliphatic rings. The number of hydrazone groups is 1. The van der Waals surface area contributed by atoms with Crippen molar-refractivity contribution in [1.82, 2.24) is 15.3 Å². The van der Waals surface area contributed by atoms with E-state index in [-0.39, 0.29) is 5.56 Å². The molecule has 1 aliphatic heterocycles. The first-order chi connectivity index (χ1) is 16.1. The maximum Gasteiger partial charge on any atom is 0.336 e. The second kappa shape index (κ2) is 11.4. The molecule has 1 fully saturated rings. The summed E-state index contributed by atoms with van der Waals surface area (Å²) < 4.78 is 0. The molecule has 1 aromatic heterocycles. The Labute approximate surface area is 202 Å². The van der Waals surface area contributed by atoms with E-state index in [0.29, 0.717) is 17.1 Å². The third-order valence-corrected chi connectivity index (χ3v) is 6.97. The van der Waals surface area contributed by atoms with Crippen molar-refractivity contribution in [2.45, 2.75) is 32.2 Å². The van der Waals surface area contributed by atoms with Crippen LogP contribution in [0.25, 0.3) is 11.3 Å². The van der Waals surface area contributed by atoms with Gasteiger partial charge in [-0.25, -0.2) is 9.78 Å². The quantitative estimate of drug-likeness (QED) is 0.319. The second-order valence-electron chi connectivity index (χ2n) is 8.04. The standard InChI is InChI=1S/C25H27ClN4O2S/c26-22-10-3-2-8-20(22)23-17-33-24(29-23)16-28-27-15-21-18(7-6-9-19(21)25(31)32)11-14-30-12-4-1-5-13-30/h2-3,6-10,15,17,28H,1,4-5,11-14,16H2,(H,31,32)/b27-15+. The van der Waals surface area contributed by atoms with Gasteiger partial charge in [0, 0.05) is 28.1 Å². The zero-order chi connectivity index (χ0) is 23.0. The first kappa shape index (κ1) is 23.4. The Hall–Kier alpha value is -2.74. The highest BCUT2D eigenvalue weighted by molar-refractivity contribution is 7.09. The lowest BCUT2D eigenvalue weighted by Crippen LogP contribution is -2.31. The number of carboxylic acids is 1. The number of carboxylic acid groups (broad SMARTS) is 1. The average Bonchev–Trinajstić information content (AvgIpc) is 3.30. The first-order valence-electron chi connectivity index (χ1n) is 11.1. The number of piperidine rings is 1. The minimum absolute atomic E-state index is 0.270. The molecule has 172 valence electrons. The molecule has 2 aromatic carbocycles. The number of aromatic carboxylic acids is 1. The van der Waals surface area contributed by atoms with Gasteiger partial charge in [0.25, 0.3) is 0 Å². The number of carbonyl (C=O) groups is 1. The van der Waals surface area contributed by atoms with E-state index in [1.165, 1.54) is 30.6 Å². The second-order valence-corrected chi connectivity index (χ2v) is 9.39. The number of halogens is 1. The zero-order valence-corrected chi connectivity index (χ0v) is 19.9. The van der Waals surface area contributed by atoms with Crippen molar-refractivity contribution in [2.24, 2.45) is 5.10 Å². The van der Waals surface area contributed by atoms with Crippen molar-refractivity contribution < 1.29 is 9.90 Å². The molecule has 0 aliphatic carbocycles. The molecular formula is C25H27ClN4O2S. The lowest BCUT2D eigenvalue weighted by atomic mass is 9.99. The molecule has 0 unspecified atom stereocenters. The van der Waals surface area contributed by atoms with Crippen LogP contribution in [0.4, 0.5) is 0 Å². The van der Waals surface area contributed by atoms with E-state index in [9.17, 15) is 9.90 Å². The molecule has 4 rings (SSSR count). The fourth-order valence-corrected chi connectivity index (χ4v) is 5.00. The molecule has 33 heavy (non-hydrogen) atoms. The number of likely N-dealkylation sites (tertiary alicyclic amines) is 1. The van der Waals surface area contributed by atoms with Crippen LogP contribution in [0.5, 0.6) is 0 Å². The highest BCUT2D eigenvalue weighted by Crippen LogP contribution is 2.28. The lowest BCUT2D eigenvalue weighted by molar-refractivity contribution is 0.0696. The van der Waals surface area contributed by atoms with Crippen LogP contribution in [0.15, 0.2) is 52.9 Å². The van der Waals surface area contributed by atoms with Crippen molar-refractivity contribution in [1.29, 1.82) is 0 Å². The SMILES string of the molecule is O=C(O)c1cccc(CCN2CCCCC2)c1/C=N/NCc1nc(-c2ccccc2Cl)cs1. The van der Waals surface area contributed by atoms with Crippen LogP contribution >= 0.6 is 22.9 Å². The molecule has 3 aromatic rings. The van der Waals surface area contributed by atoms with Crippen molar-refractivity contribution in [3.8, 4) is 11.3 Å². The molecule has 0 saturated carbocycles. The van der Waals surface area contributed by atoms with Gasteiger partial charge >= 0.3 is 5.97 Å². The molecular weight excluding hydrogens is 456 g/mol. The van der Waals surface area contributed by atoms with E-state index >= 15 is 0 Å². The Balaban J connectivity index is 1.42. The van der Waals surface area contributed by atoms with Crippen LogP contribution in [0.3, 0.4) is 0 Å². The molecule has 0 atom stereocenters. The first-order valence-corrected chi connectivity index (χ1v) is 12.4. The number of thiazole rings is 1. The highest BCUT2D eigenvalue weighted by Gasteiger charge is 2.15. The van der Waals surface area contributed by atoms with Crippen LogP contribution in [0, 0.1) is 0 Å². The third-order valence-electron chi connectivity index (χ3n) is 5.79. The monoisotopic (exact) mass is 482 g/mol. The molecule has 2 heterocycles. The fraction of sp³-hybridized carbons (Fsp3) is 0.320. The van der Waals surface area contributed by atoms with Gasteiger partial charge in [0.15, 0.2) is 0 Å². The van der Waals surface area contributed by atoms with E-state index < -0.39 is 5.97 Å². The summed E-state index contributed by atoms with van der Waals surface area (Å²) in [6.07, 6.45) is 6.20. The van der Waals surface area contributed by atoms with Crippen LogP contribution in [-0.2, 0) is 13.0 Å². The number of benzene rings is 2. The summed E-state index contributed by atoms with van der Waals surface area (Å²) in [4.78, 5) is 18.9. The molecule has 0 bridgehead atoms. The van der Waals surface area contributed by atoms with Gasteiger partial charge in [-0.15, -0.1) is 11.3 Å². The Bertz CT molecular complexity index is 1130. The Morgan fingerprint density at radius 2 is 2.00 bits per heavy atom. The minimum atomic E-state index is -0.944. The number of nitrogens with zero attached hydrogens (tertiary/aromatic N) is 3. The predicted molar refractivity (Wildman–Crippen MR) is 134 cm³/mol. The Morgan fingerprint density at radius 1 is 1.18 bits per heavy atom. The summed E-state index contributed by atoms with van der Waals surface area (Å²) in [5, 5.41) is 17.5. The molecule has 0 amide bonds. The van der Waals surface area contributed by atoms with Gasteiger partial charge in [-0.3, -0.25) is 0 Å².